The molecule has 0 unspecified atom stereocenters. The number of ether oxygens (including phenoxy) is 1. The first kappa shape index (κ1) is 19.2. The predicted molar refractivity (Wildman–Crippen MR) is 98.6 cm³/mol. The van der Waals surface area contributed by atoms with E-state index >= 15 is 0 Å². The van der Waals surface area contributed by atoms with Crippen LogP contribution >= 0.6 is 0 Å². The van der Waals surface area contributed by atoms with E-state index in [4.69, 9.17) is 4.74 Å². The number of piperazine rings is 1. The van der Waals surface area contributed by atoms with Gasteiger partial charge in [0, 0.05) is 52.4 Å². The normalized spacial score (nSPS) is 15.8. The fourth-order valence-electron chi connectivity index (χ4n) is 2.78. The fourth-order valence-corrected chi connectivity index (χ4v) is 2.78. The van der Waals surface area contributed by atoms with Crippen LogP contribution in [0.25, 0.3) is 0 Å². The molecule has 0 spiro atoms. The Balaban J connectivity index is 1.97. The van der Waals surface area contributed by atoms with Crippen LogP contribution in [0, 0.1) is 0 Å². The molecule has 2 rings (SSSR count). The average Bonchev–Trinajstić information content (AvgIpc) is 2.53. The van der Waals surface area contributed by atoms with E-state index in [1.165, 1.54) is 4.90 Å². The highest BCUT2D eigenvalue weighted by Crippen LogP contribution is 2.19. The first-order valence-electron chi connectivity index (χ1n) is 8.69. The van der Waals surface area contributed by atoms with E-state index in [9.17, 15) is 9.59 Å². The predicted octanol–water partition coefficient (Wildman–Crippen LogP) is 2.72. The van der Waals surface area contributed by atoms with Crippen LogP contribution in [0.1, 0.15) is 33.3 Å². The largest absolute Gasteiger partial charge is 0.443 e. The summed E-state index contributed by atoms with van der Waals surface area (Å²) in [6, 6.07) is 7.93. The zero-order valence-corrected chi connectivity index (χ0v) is 15.9. The highest BCUT2D eigenvalue weighted by Gasteiger charge is 2.21. The molecule has 0 bridgehead atoms. The van der Waals surface area contributed by atoms with E-state index in [0.29, 0.717) is 0 Å². The standard InChI is InChI=1S/C19H29N3O3/c1-15(23)22-11-9-21(10-12-22)14-16-7-6-8-17(13-16)20(5)18(24)25-19(2,3)4/h6-8,13H,9-12,14H2,1-5H3. The Morgan fingerprint density at radius 2 is 1.80 bits per heavy atom. The van der Waals surface area contributed by atoms with Crippen LogP contribution in [0.5, 0.6) is 0 Å². The zero-order chi connectivity index (χ0) is 18.6. The second kappa shape index (κ2) is 7.87. The van der Waals surface area contributed by atoms with Gasteiger partial charge in [0.15, 0.2) is 0 Å². The Morgan fingerprint density at radius 3 is 2.36 bits per heavy atom. The van der Waals surface area contributed by atoms with Crippen LogP contribution in [0.15, 0.2) is 24.3 Å². The lowest BCUT2D eigenvalue weighted by Crippen LogP contribution is -2.47. The SMILES string of the molecule is CC(=O)N1CCN(Cc2cccc(N(C)C(=O)OC(C)(C)C)c2)CC1. The van der Waals surface area contributed by atoms with Crippen LogP contribution in [0.4, 0.5) is 10.5 Å². The minimum Gasteiger partial charge on any atom is -0.443 e. The van der Waals surface area contributed by atoms with Crippen molar-refractivity contribution in [2.45, 2.75) is 39.8 Å². The van der Waals surface area contributed by atoms with E-state index < -0.39 is 5.60 Å². The summed E-state index contributed by atoms with van der Waals surface area (Å²) in [5.41, 5.74) is 1.44. The van der Waals surface area contributed by atoms with Crippen LogP contribution in [-0.4, -0.2) is 60.6 Å². The molecule has 0 aromatic heterocycles. The minimum atomic E-state index is -0.515. The summed E-state index contributed by atoms with van der Waals surface area (Å²) >= 11 is 0. The number of amides is 2. The first-order chi connectivity index (χ1) is 11.7. The van der Waals surface area contributed by atoms with Crippen molar-refractivity contribution in [3.05, 3.63) is 29.8 Å². The lowest BCUT2D eigenvalue weighted by atomic mass is 10.1. The molecule has 138 valence electrons. The number of benzene rings is 1. The third-order valence-corrected chi connectivity index (χ3v) is 4.19. The Morgan fingerprint density at radius 1 is 1.16 bits per heavy atom. The summed E-state index contributed by atoms with van der Waals surface area (Å²) in [5.74, 6) is 0.139. The molecule has 0 aliphatic carbocycles. The molecule has 0 radical (unpaired) electrons. The fraction of sp³-hybridized carbons (Fsp3) is 0.579. The molecule has 6 heteroatoms. The molecule has 1 heterocycles. The maximum atomic E-state index is 12.2. The highest BCUT2D eigenvalue weighted by atomic mass is 16.6. The van der Waals surface area contributed by atoms with Gasteiger partial charge in [-0.1, -0.05) is 12.1 Å². The number of hydrogen-bond donors (Lipinski definition) is 0. The smallest absolute Gasteiger partial charge is 0.414 e. The van der Waals surface area contributed by atoms with Crippen molar-refractivity contribution in [3.8, 4) is 0 Å². The number of carbonyl (C=O) groups excluding carboxylic acids is 2. The Labute approximate surface area is 150 Å². The molecular weight excluding hydrogens is 318 g/mol. The van der Waals surface area contributed by atoms with E-state index in [1.54, 1.807) is 14.0 Å². The van der Waals surface area contributed by atoms with Gasteiger partial charge in [0.05, 0.1) is 0 Å². The van der Waals surface area contributed by atoms with Crippen LogP contribution in [-0.2, 0) is 16.1 Å². The number of nitrogens with zero attached hydrogens (tertiary/aromatic N) is 3. The number of rotatable bonds is 3. The molecule has 1 aromatic rings. The van der Waals surface area contributed by atoms with Gasteiger partial charge >= 0.3 is 6.09 Å². The van der Waals surface area contributed by atoms with Crippen molar-refractivity contribution in [1.82, 2.24) is 9.80 Å². The van der Waals surface area contributed by atoms with Crippen molar-refractivity contribution in [2.75, 3.05) is 38.1 Å². The van der Waals surface area contributed by atoms with Gasteiger partial charge in [-0.3, -0.25) is 14.6 Å². The molecule has 1 aliphatic rings. The van der Waals surface area contributed by atoms with Gasteiger partial charge in [0.25, 0.3) is 0 Å². The van der Waals surface area contributed by atoms with Crippen LogP contribution in [0.3, 0.4) is 0 Å². The van der Waals surface area contributed by atoms with Gasteiger partial charge in [0.2, 0.25) is 5.91 Å². The molecule has 25 heavy (non-hydrogen) atoms. The lowest BCUT2D eigenvalue weighted by Gasteiger charge is -2.34. The summed E-state index contributed by atoms with van der Waals surface area (Å²) in [7, 11) is 1.72. The van der Waals surface area contributed by atoms with Crippen LogP contribution in [0.2, 0.25) is 0 Å². The molecule has 1 saturated heterocycles. The van der Waals surface area contributed by atoms with Crippen molar-refractivity contribution in [1.29, 1.82) is 0 Å². The molecule has 0 atom stereocenters. The number of hydrogen-bond acceptors (Lipinski definition) is 4. The summed E-state index contributed by atoms with van der Waals surface area (Å²) in [6.07, 6.45) is -0.361. The van der Waals surface area contributed by atoms with Crippen molar-refractivity contribution in [3.63, 3.8) is 0 Å². The Kier molecular flexibility index (Phi) is 6.06. The topological polar surface area (TPSA) is 53.1 Å². The van der Waals surface area contributed by atoms with E-state index in [-0.39, 0.29) is 12.0 Å². The first-order valence-corrected chi connectivity index (χ1v) is 8.69. The lowest BCUT2D eigenvalue weighted by molar-refractivity contribution is -0.130. The van der Waals surface area contributed by atoms with E-state index in [2.05, 4.69) is 11.0 Å². The summed E-state index contributed by atoms with van der Waals surface area (Å²) in [6.45, 7) is 11.3. The third kappa shape index (κ3) is 5.74. The van der Waals surface area contributed by atoms with Gasteiger partial charge in [-0.25, -0.2) is 4.79 Å². The Bertz CT molecular complexity index is 617. The Hall–Kier alpha value is -2.08. The van der Waals surface area contributed by atoms with Gasteiger partial charge in [-0.05, 0) is 38.5 Å². The maximum absolute atomic E-state index is 12.2. The second-order valence-corrected chi connectivity index (χ2v) is 7.49. The molecular formula is C19H29N3O3. The quantitative estimate of drug-likeness (QED) is 0.844. The van der Waals surface area contributed by atoms with Gasteiger partial charge in [-0.2, -0.15) is 0 Å². The van der Waals surface area contributed by atoms with Crippen LogP contribution < -0.4 is 4.90 Å². The highest BCUT2D eigenvalue weighted by molar-refractivity contribution is 5.87. The van der Waals surface area contributed by atoms with Crippen molar-refractivity contribution >= 4 is 17.7 Å². The van der Waals surface area contributed by atoms with E-state index in [1.807, 2.05) is 43.9 Å². The minimum absolute atomic E-state index is 0.139. The molecule has 6 nitrogen and oxygen atoms in total. The number of carbonyl (C=O) groups is 2. The zero-order valence-electron chi connectivity index (χ0n) is 15.9. The average molecular weight is 347 g/mol. The summed E-state index contributed by atoms with van der Waals surface area (Å²) in [5, 5.41) is 0. The molecule has 1 aromatic carbocycles. The van der Waals surface area contributed by atoms with Crippen molar-refractivity contribution in [2.24, 2.45) is 0 Å². The van der Waals surface area contributed by atoms with Gasteiger partial charge in [0.1, 0.15) is 5.60 Å². The van der Waals surface area contributed by atoms with Gasteiger partial charge in [-0.15, -0.1) is 0 Å². The van der Waals surface area contributed by atoms with Crippen molar-refractivity contribution < 1.29 is 14.3 Å². The number of anilines is 1. The van der Waals surface area contributed by atoms with Gasteiger partial charge < -0.3 is 9.64 Å². The second-order valence-electron chi connectivity index (χ2n) is 7.49. The molecule has 1 fully saturated rings. The maximum Gasteiger partial charge on any atom is 0.414 e. The summed E-state index contributed by atoms with van der Waals surface area (Å²) < 4.78 is 5.42. The molecule has 0 saturated carbocycles. The molecule has 1 aliphatic heterocycles. The molecule has 0 N–H and O–H groups in total. The monoisotopic (exact) mass is 347 g/mol. The van der Waals surface area contributed by atoms with E-state index in [0.717, 1.165) is 44.0 Å². The molecule has 2 amide bonds. The third-order valence-electron chi connectivity index (χ3n) is 4.19. The summed E-state index contributed by atoms with van der Waals surface area (Å²) in [4.78, 5) is 29.4.